The zero-order valence-corrected chi connectivity index (χ0v) is 30.0. The van der Waals surface area contributed by atoms with E-state index in [9.17, 15) is 9.90 Å². The fourth-order valence-electron chi connectivity index (χ4n) is 8.83. The summed E-state index contributed by atoms with van der Waals surface area (Å²) in [5, 5.41) is 15.1. The third kappa shape index (κ3) is 7.60. The monoisotopic (exact) mass is 713 g/mol. The quantitative estimate of drug-likeness (QED) is 0.206. The van der Waals surface area contributed by atoms with Gasteiger partial charge in [0, 0.05) is 62.8 Å². The molecule has 276 valence electrons. The van der Waals surface area contributed by atoms with Crippen molar-refractivity contribution in [3.63, 3.8) is 0 Å². The molecule has 0 saturated carbocycles. The molecule has 0 radical (unpaired) electrons. The van der Waals surface area contributed by atoms with Crippen LogP contribution in [0.4, 0.5) is 14.6 Å². The normalized spacial score (nSPS) is 25.7. The third-order valence-electron chi connectivity index (χ3n) is 11.6. The number of phenols is 1. The molecule has 0 bridgehead atoms. The number of carbonyl (C=O) groups excluding carboxylic acids is 1. The Morgan fingerprint density at radius 3 is 2.83 bits per heavy atom. The molecule has 9 nitrogen and oxygen atoms in total. The number of anilines is 1. The van der Waals surface area contributed by atoms with Gasteiger partial charge in [-0.05, 0) is 105 Å². The number of nitrogens with zero attached hydrogens (tertiary/aromatic N) is 4. The Morgan fingerprint density at radius 1 is 1.21 bits per heavy atom. The zero-order valence-electron chi connectivity index (χ0n) is 30.0. The minimum absolute atomic E-state index is 0.0762. The number of amides is 1. The minimum atomic E-state index is -0.941. The van der Waals surface area contributed by atoms with Gasteiger partial charge in [0.1, 0.15) is 30.2 Å². The first-order chi connectivity index (χ1) is 25.1. The molecule has 4 heterocycles. The first-order valence-corrected chi connectivity index (χ1v) is 18.7. The summed E-state index contributed by atoms with van der Waals surface area (Å²) in [6.45, 7) is 9.91. The Labute approximate surface area is 304 Å². The molecular weight excluding hydrogens is 664 g/mol. The summed E-state index contributed by atoms with van der Waals surface area (Å²) in [4.78, 5) is 26.8. The SMILES string of the molecule is C#Cc1c(F)ccc2cc(O)cc([C@H]3CCc4c(nc(OC[C@]5(C)C[C@@H](F)CN5CC5CCOCC5)nc4N4CCCCC(NC(=O)C=C)C4)C3)c12. The van der Waals surface area contributed by atoms with E-state index in [2.05, 4.69) is 34.5 Å². The Bertz CT molecular complexity index is 1860. The number of terminal acetylenes is 1. The number of phenolic OH excluding ortho intramolecular Hbond substituents is 1. The Kier molecular flexibility index (Phi) is 10.7. The number of aromatic nitrogens is 2. The van der Waals surface area contributed by atoms with Gasteiger partial charge >= 0.3 is 6.01 Å². The van der Waals surface area contributed by atoms with Crippen LogP contribution in [0, 0.1) is 24.1 Å². The highest BCUT2D eigenvalue weighted by atomic mass is 19.1. The number of likely N-dealkylation sites (tertiary alicyclic amines) is 1. The first kappa shape index (κ1) is 36.1. The van der Waals surface area contributed by atoms with Gasteiger partial charge in [0.05, 0.1) is 16.8 Å². The van der Waals surface area contributed by atoms with Crippen LogP contribution in [0.25, 0.3) is 10.8 Å². The standard InChI is InChI=1S/C41H49F2N5O4/c1-4-32-35(43)12-10-28-18-31(49)20-34(38(28)32)27-9-11-33-36(19-27)45-40(46-39(33)47-15-7-6-8-30(24-47)44-37(50)5-2)52-25-41(3)21-29(42)23-48(41)22-26-13-16-51-17-14-26/h1,5,10,12,18,20,26-27,29-30,49H,2,6-9,11,13-17,19,21-25H2,3H3,(H,44,50)/t27-,29+,30?,41-/m0/s1. The number of halogens is 2. The lowest BCUT2D eigenvalue weighted by Gasteiger charge is -2.37. The lowest BCUT2D eigenvalue weighted by Crippen LogP contribution is -2.48. The Balaban J connectivity index is 1.22. The van der Waals surface area contributed by atoms with Gasteiger partial charge in [0.25, 0.3) is 0 Å². The van der Waals surface area contributed by atoms with Crippen molar-refractivity contribution in [2.75, 3.05) is 50.9 Å². The molecule has 3 fully saturated rings. The summed E-state index contributed by atoms with van der Waals surface area (Å²) in [7, 11) is 0. The van der Waals surface area contributed by atoms with Gasteiger partial charge in [-0.15, -0.1) is 6.42 Å². The highest BCUT2D eigenvalue weighted by molar-refractivity contribution is 5.93. The van der Waals surface area contributed by atoms with Crippen LogP contribution in [0.3, 0.4) is 0 Å². The van der Waals surface area contributed by atoms with E-state index >= 15 is 8.78 Å². The molecule has 11 heteroatoms. The predicted molar refractivity (Wildman–Crippen MR) is 197 cm³/mol. The molecule has 2 N–H and O–H groups in total. The maximum Gasteiger partial charge on any atom is 0.318 e. The predicted octanol–water partition coefficient (Wildman–Crippen LogP) is 6.00. The Hall–Kier alpha value is -4.27. The topological polar surface area (TPSA) is 100 Å². The number of hydrogen-bond donors (Lipinski definition) is 2. The van der Waals surface area contributed by atoms with Crippen LogP contribution in [0.2, 0.25) is 0 Å². The van der Waals surface area contributed by atoms with Gasteiger partial charge < -0.3 is 24.8 Å². The molecule has 52 heavy (non-hydrogen) atoms. The van der Waals surface area contributed by atoms with E-state index in [1.807, 2.05) is 0 Å². The van der Waals surface area contributed by atoms with Crippen molar-refractivity contribution in [1.29, 1.82) is 0 Å². The number of carbonyl (C=O) groups is 1. The molecule has 3 aromatic rings. The number of hydrogen-bond acceptors (Lipinski definition) is 8. The number of aromatic hydroxyl groups is 1. The minimum Gasteiger partial charge on any atom is -0.508 e. The first-order valence-electron chi connectivity index (χ1n) is 18.7. The molecule has 1 aliphatic carbocycles. The molecule has 4 atom stereocenters. The second-order valence-corrected chi connectivity index (χ2v) is 15.3. The molecule has 0 spiro atoms. The summed E-state index contributed by atoms with van der Waals surface area (Å²) in [5.41, 5.74) is 2.28. The highest BCUT2D eigenvalue weighted by Crippen LogP contribution is 2.42. The molecule has 3 aliphatic heterocycles. The van der Waals surface area contributed by atoms with Crippen LogP contribution in [0.1, 0.15) is 80.2 Å². The second kappa shape index (κ2) is 15.4. The second-order valence-electron chi connectivity index (χ2n) is 15.3. The van der Waals surface area contributed by atoms with E-state index in [4.69, 9.17) is 25.9 Å². The van der Waals surface area contributed by atoms with Gasteiger partial charge in [0.2, 0.25) is 5.91 Å². The zero-order chi connectivity index (χ0) is 36.4. The smallest absolute Gasteiger partial charge is 0.318 e. The van der Waals surface area contributed by atoms with Gasteiger partial charge in [-0.1, -0.05) is 18.6 Å². The van der Waals surface area contributed by atoms with Crippen LogP contribution in [-0.2, 0) is 22.4 Å². The van der Waals surface area contributed by atoms with Crippen molar-refractivity contribution in [3.8, 4) is 24.1 Å². The van der Waals surface area contributed by atoms with Gasteiger partial charge in [0.15, 0.2) is 0 Å². The van der Waals surface area contributed by atoms with Crippen molar-refractivity contribution in [2.24, 2.45) is 5.92 Å². The maximum absolute atomic E-state index is 15.0. The number of alkyl halides is 1. The Morgan fingerprint density at radius 2 is 2.04 bits per heavy atom. The molecule has 2 aromatic carbocycles. The number of fused-ring (bicyclic) bond motifs is 2. The van der Waals surface area contributed by atoms with E-state index < -0.39 is 17.5 Å². The van der Waals surface area contributed by atoms with Crippen LogP contribution in [0.5, 0.6) is 11.8 Å². The number of ether oxygens (including phenoxy) is 2. The largest absolute Gasteiger partial charge is 0.508 e. The van der Waals surface area contributed by atoms with Gasteiger partial charge in [-0.25, -0.2) is 8.78 Å². The van der Waals surface area contributed by atoms with Crippen LogP contribution < -0.4 is 15.0 Å². The van der Waals surface area contributed by atoms with Crippen LogP contribution >= 0.6 is 0 Å². The number of benzene rings is 2. The lowest BCUT2D eigenvalue weighted by atomic mass is 9.79. The van der Waals surface area contributed by atoms with Crippen molar-refractivity contribution < 1.29 is 28.2 Å². The molecular formula is C41H49F2N5O4. The molecule has 1 unspecified atom stereocenters. The molecule has 1 amide bonds. The maximum atomic E-state index is 15.0. The van der Waals surface area contributed by atoms with E-state index in [1.165, 1.54) is 12.1 Å². The molecule has 3 saturated heterocycles. The van der Waals surface area contributed by atoms with Crippen LogP contribution in [0.15, 0.2) is 36.9 Å². The number of rotatable bonds is 9. The fraction of sp³-hybridized carbons (Fsp3) is 0.537. The summed E-state index contributed by atoms with van der Waals surface area (Å²) in [6.07, 6.45) is 13.1. The van der Waals surface area contributed by atoms with Gasteiger partial charge in [-0.2, -0.15) is 9.97 Å². The summed E-state index contributed by atoms with van der Waals surface area (Å²) in [6, 6.07) is 6.45. The summed E-state index contributed by atoms with van der Waals surface area (Å²) in [5.74, 6) is 3.09. The third-order valence-corrected chi connectivity index (χ3v) is 11.6. The van der Waals surface area contributed by atoms with E-state index in [0.29, 0.717) is 55.5 Å². The van der Waals surface area contributed by atoms with Crippen molar-refractivity contribution in [1.82, 2.24) is 20.2 Å². The highest BCUT2D eigenvalue weighted by Gasteiger charge is 2.44. The molecule has 1 aromatic heterocycles. The lowest BCUT2D eigenvalue weighted by molar-refractivity contribution is -0.117. The average Bonchev–Trinajstić information content (AvgIpc) is 3.26. The van der Waals surface area contributed by atoms with Crippen molar-refractivity contribution in [2.45, 2.75) is 88.4 Å². The van der Waals surface area contributed by atoms with E-state index in [-0.39, 0.29) is 41.8 Å². The average molecular weight is 714 g/mol. The molecule has 4 aliphatic rings. The molecule has 7 rings (SSSR count). The van der Waals surface area contributed by atoms with Crippen molar-refractivity contribution in [3.05, 3.63) is 65.1 Å². The number of nitrogens with one attached hydrogen (secondary N) is 1. The van der Waals surface area contributed by atoms with Gasteiger partial charge in [-0.3, -0.25) is 9.69 Å². The van der Waals surface area contributed by atoms with Crippen LogP contribution in [-0.4, -0.2) is 89.6 Å². The fourth-order valence-corrected chi connectivity index (χ4v) is 8.83. The van der Waals surface area contributed by atoms with Crippen molar-refractivity contribution >= 4 is 22.5 Å². The summed E-state index contributed by atoms with van der Waals surface area (Å²) >= 11 is 0. The van der Waals surface area contributed by atoms with E-state index in [0.717, 1.165) is 81.0 Å². The summed E-state index contributed by atoms with van der Waals surface area (Å²) < 4.78 is 42.1. The van der Waals surface area contributed by atoms with E-state index in [1.54, 1.807) is 18.2 Å².